The average molecular weight is 503 g/mol. The number of aryl methyl sites for hydroxylation is 1. The predicted molar refractivity (Wildman–Crippen MR) is 137 cm³/mol. The molecule has 0 N–H and O–H groups in total. The van der Waals surface area contributed by atoms with Crippen molar-refractivity contribution in [1.29, 1.82) is 0 Å². The summed E-state index contributed by atoms with van der Waals surface area (Å²) in [5.41, 5.74) is 3.17. The number of ketones is 1. The number of rotatable bonds is 10. The van der Waals surface area contributed by atoms with Crippen LogP contribution >= 0.6 is 11.6 Å². The fourth-order valence-electron chi connectivity index (χ4n) is 3.70. The Bertz CT molecular complexity index is 1250. The van der Waals surface area contributed by atoms with Crippen molar-refractivity contribution in [3.05, 3.63) is 76.6 Å². The fraction of sp³-hybridized carbons (Fsp3) is 0.346. The molecule has 0 amide bonds. The van der Waals surface area contributed by atoms with Gasteiger partial charge in [0.1, 0.15) is 5.75 Å². The predicted octanol–water partition coefficient (Wildman–Crippen LogP) is 5.89. The summed E-state index contributed by atoms with van der Waals surface area (Å²) >= 11 is 5.86. The first-order valence-electron chi connectivity index (χ1n) is 11.2. The highest BCUT2D eigenvalue weighted by molar-refractivity contribution is 7.92. The maximum absolute atomic E-state index is 12.9. The van der Waals surface area contributed by atoms with Gasteiger partial charge in [0, 0.05) is 35.6 Å². The zero-order valence-corrected chi connectivity index (χ0v) is 21.8. The molecule has 0 atom stereocenters. The van der Waals surface area contributed by atoms with Gasteiger partial charge in [0.25, 0.3) is 10.0 Å². The summed E-state index contributed by atoms with van der Waals surface area (Å²) in [6, 6.07) is 14.5. The molecule has 0 unspecified atom stereocenters. The van der Waals surface area contributed by atoms with Crippen molar-refractivity contribution in [3.8, 4) is 5.75 Å². The van der Waals surface area contributed by atoms with Gasteiger partial charge < -0.3 is 9.30 Å². The number of halogens is 1. The Hall–Kier alpha value is -2.77. The first kappa shape index (κ1) is 25.8. The molecule has 1 heterocycles. The molecule has 8 heteroatoms. The zero-order valence-electron chi connectivity index (χ0n) is 20.2. The number of hydrogen-bond donors (Lipinski definition) is 0. The summed E-state index contributed by atoms with van der Waals surface area (Å²) < 4.78 is 34.8. The standard InChI is InChI=1S/C26H31ClN2O4S/c1-18(2)14-15-29-19(3)16-25(20(29)4)26(30)17-33-23-10-8-22(9-11-23)28(5)34(31,32)24-12-6-21(27)7-13-24/h6-13,16,18H,14-15,17H2,1-5H3. The molecule has 3 rings (SSSR count). The third kappa shape index (κ3) is 5.83. The van der Waals surface area contributed by atoms with Gasteiger partial charge in [-0.1, -0.05) is 25.4 Å². The minimum atomic E-state index is -3.72. The van der Waals surface area contributed by atoms with Crippen molar-refractivity contribution >= 4 is 33.1 Å². The largest absolute Gasteiger partial charge is 0.485 e. The molecule has 2 aromatic carbocycles. The second-order valence-electron chi connectivity index (χ2n) is 8.75. The van der Waals surface area contributed by atoms with Gasteiger partial charge in [0.2, 0.25) is 5.78 Å². The Morgan fingerprint density at radius 1 is 1.06 bits per heavy atom. The maximum atomic E-state index is 12.9. The number of benzene rings is 2. The second kappa shape index (κ2) is 10.7. The quantitative estimate of drug-likeness (QED) is 0.324. The number of Topliss-reactive ketones (excluding diaryl/α,β-unsaturated/α-hetero) is 1. The topological polar surface area (TPSA) is 68.6 Å². The van der Waals surface area contributed by atoms with Gasteiger partial charge in [-0.3, -0.25) is 9.10 Å². The first-order valence-corrected chi connectivity index (χ1v) is 13.0. The Labute approximate surface area is 207 Å². The number of carbonyl (C=O) groups is 1. The van der Waals surface area contributed by atoms with Crippen molar-refractivity contribution < 1.29 is 17.9 Å². The van der Waals surface area contributed by atoms with E-state index in [-0.39, 0.29) is 17.3 Å². The molecule has 0 spiro atoms. The summed E-state index contributed by atoms with van der Waals surface area (Å²) in [4.78, 5) is 12.9. The van der Waals surface area contributed by atoms with E-state index in [1.54, 1.807) is 24.3 Å². The van der Waals surface area contributed by atoms with E-state index >= 15 is 0 Å². The molecule has 1 aromatic heterocycles. The third-order valence-electron chi connectivity index (χ3n) is 5.85. The van der Waals surface area contributed by atoms with Gasteiger partial charge in [-0.15, -0.1) is 0 Å². The van der Waals surface area contributed by atoms with Crippen LogP contribution in [0.5, 0.6) is 5.75 Å². The molecule has 0 radical (unpaired) electrons. The number of nitrogens with zero attached hydrogens (tertiary/aromatic N) is 2. The number of hydrogen-bond acceptors (Lipinski definition) is 4. The molecule has 182 valence electrons. The van der Waals surface area contributed by atoms with Crippen LogP contribution in [0.1, 0.15) is 42.0 Å². The van der Waals surface area contributed by atoms with Crippen LogP contribution in [-0.2, 0) is 16.6 Å². The van der Waals surface area contributed by atoms with E-state index in [9.17, 15) is 13.2 Å². The van der Waals surface area contributed by atoms with Crippen LogP contribution in [0.25, 0.3) is 0 Å². The Morgan fingerprint density at radius 3 is 2.26 bits per heavy atom. The monoisotopic (exact) mass is 502 g/mol. The minimum Gasteiger partial charge on any atom is -0.485 e. The molecule has 0 saturated heterocycles. The van der Waals surface area contributed by atoms with Gasteiger partial charge in [-0.05, 0) is 80.8 Å². The van der Waals surface area contributed by atoms with E-state index in [0.29, 0.717) is 27.9 Å². The van der Waals surface area contributed by atoms with Gasteiger partial charge in [0.15, 0.2) is 6.61 Å². The number of carbonyl (C=O) groups excluding carboxylic acids is 1. The van der Waals surface area contributed by atoms with E-state index in [0.717, 1.165) is 24.4 Å². The van der Waals surface area contributed by atoms with Crippen molar-refractivity contribution in [2.75, 3.05) is 18.0 Å². The number of aromatic nitrogens is 1. The maximum Gasteiger partial charge on any atom is 0.264 e. The Kier molecular flexibility index (Phi) is 8.10. The van der Waals surface area contributed by atoms with E-state index < -0.39 is 10.0 Å². The lowest BCUT2D eigenvalue weighted by Crippen LogP contribution is -2.26. The van der Waals surface area contributed by atoms with Crippen LogP contribution in [0, 0.1) is 19.8 Å². The molecule has 0 bridgehead atoms. The summed E-state index contributed by atoms with van der Waals surface area (Å²) in [7, 11) is -2.24. The Balaban J connectivity index is 1.66. The molecule has 0 aliphatic carbocycles. The van der Waals surface area contributed by atoms with Crippen LogP contribution in [0.2, 0.25) is 5.02 Å². The van der Waals surface area contributed by atoms with E-state index in [2.05, 4.69) is 18.4 Å². The van der Waals surface area contributed by atoms with Crippen molar-refractivity contribution in [2.45, 2.75) is 45.6 Å². The van der Waals surface area contributed by atoms with E-state index in [4.69, 9.17) is 16.3 Å². The smallest absolute Gasteiger partial charge is 0.264 e. The van der Waals surface area contributed by atoms with Gasteiger partial charge in [-0.2, -0.15) is 0 Å². The van der Waals surface area contributed by atoms with Gasteiger partial charge in [0.05, 0.1) is 10.6 Å². The molecule has 0 aliphatic heterocycles. The Morgan fingerprint density at radius 2 is 1.68 bits per heavy atom. The molecule has 34 heavy (non-hydrogen) atoms. The SMILES string of the molecule is Cc1cc(C(=O)COc2ccc(N(C)S(=O)(=O)c3ccc(Cl)cc3)cc2)c(C)n1CCC(C)C. The lowest BCUT2D eigenvalue weighted by molar-refractivity contribution is 0.0920. The molecule has 0 fully saturated rings. The molecule has 0 aliphatic rings. The van der Waals surface area contributed by atoms with Gasteiger partial charge in [-0.25, -0.2) is 8.42 Å². The van der Waals surface area contributed by atoms with E-state index in [1.807, 2.05) is 19.9 Å². The van der Waals surface area contributed by atoms with Crippen LogP contribution < -0.4 is 9.04 Å². The molecular formula is C26H31ClN2O4S. The van der Waals surface area contributed by atoms with Gasteiger partial charge >= 0.3 is 0 Å². The highest BCUT2D eigenvalue weighted by atomic mass is 35.5. The average Bonchev–Trinajstić information content (AvgIpc) is 3.09. The van der Waals surface area contributed by atoms with Crippen molar-refractivity contribution in [3.63, 3.8) is 0 Å². The highest BCUT2D eigenvalue weighted by Gasteiger charge is 2.21. The lowest BCUT2D eigenvalue weighted by atomic mass is 10.1. The summed E-state index contributed by atoms with van der Waals surface area (Å²) in [6.07, 6.45) is 1.05. The zero-order chi connectivity index (χ0) is 25.0. The number of sulfonamides is 1. The molecular weight excluding hydrogens is 472 g/mol. The lowest BCUT2D eigenvalue weighted by Gasteiger charge is -2.20. The van der Waals surface area contributed by atoms with Crippen LogP contribution in [0.15, 0.2) is 59.5 Å². The van der Waals surface area contributed by atoms with Crippen LogP contribution in [0.3, 0.4) is 0 Å². The second-order valence-corrected chi connectivity index (χ2v) is 11.2. The molecule has 3 aromatic rings. The summed E-state index contributed by atoms with van der Waals surface area (Å²) in [5.74, 6) is 0.991. The highest BCUT2D eigenvalue weighted by Crippen LogP contribution is 2.25. The van der Waals surface area contributed by atoms with E-state index in [1.165, 1.54) is 35.6 Å². The van der Waals surface area contributed by atoms with Crippen molar-refractivity contribution in [1.82, 2.24) is 4.57 Å². The fourth-order valence-corrected chi connectivity index (χ4v) is 5.02. The van der Waals surface area contributed by atoms with Crippen LogP contribution in [-0.4, -0.2) is 32.4 Å². The number of ether oxygens (including phenoxy) is 1. The van der Waals surface area contributed by atoms with Crippen molar-refractivity contribution in [2.24, 2.45) is 5.92 Å². The molecule has 0 saturated carbocycles. The summed E-state index contributed by atoms with van der Waals surface area (Å²) in [6.45, 7) is 9.14. The first-order chi connectivity index (χ1) is 16.0. The molecule has 6 nitrogen and oxygen atoms in total. The third-order valence-corrected chi connectivity index (χ3v) is 7.90. The minimum absolute atomic E-state index is 0.0876. The normalized spacial score (nSPS) is 11.6. The van der Waals surface area contributed by atoms with Crippen LogP contribution in [0.4, 0.5) is 5.69 Å². The number of anilines is 1. The summed E-state index contributed by atoms with van der Waals surface area (Å²) in [5, 5.41) is 0.468.